The van der Waals surface area contributed by atoms with Gasteiger partial charge in [0.1, 0.15) is 37.6 Å². The van der Waals surface area contributed by atoms with Crippen molar-refractivity contribution in [2.75, 3.05) is 13.2 Å². The summed E-state index contributed by atoms with van der Waals surface area (Å²) in [5, 5.41) is 3.60. The monoisotopic (exact) mass is 661 g/mol. The molecule has 20 nitrogen and oxygen atoms in total. The number of carbonyl (C=O) groups is 7. The lowest BCUT2D eigenvalue weighted by molar-refractivity contribution is -0.349. The Kier molecular flexibility index (Phi) is 14.1. The summed E-state index contributed by atoms with van der Waals surface area (Å²) in [6.07, 6.45) is -14.6. The molecule has 0 bridgehead atoms. The van der Waals surface area contributed by atoms with Gasteiger partial charge in [-0.2, -0.15) is 0 Å². The number of carbonyl (C=O) groups excluding carboxylic acids is 7. The van der Waals surface area contributed by atoms with Gasteiger partial charge in [-0.1, -0.05) is 5.11 Å². The molecule has 256 valence electrons. The van der Waals surface area contributed by atoms with Crippen LogP contribution < -0.4 is 0 Å². The highest BCUT2D eigenvalue weighted by atomic mass is 16.8. The van der Waals surface area contributed by atoms with Crippen LogP contribution in [0.2, 0.25) is 0 Å². The Balaban J connectivity index is 2.72. The summed E-state index contributed by atoms with van der Waals surface area (Å²) in [6.45, 7) is 6.05. The van der Waals surface area contributed by atoms with Crippen LogP contribution in [0.25, 0.3) is 10.4 Å². The van der Waals surface area contributed by atoms with Crippen LogP contribution in [0.3, 0.4) is 0 Å². The predicted octanol–water partition coefficient (Wildman–Crippen LogP) is -0.0836. The number of azide groups is 1. The molecule has 0 aromatic heterocycles. The van der Waals surface area contributed by atoms with E-state index in [1.165, 1.54) is 0 Å². The standard InChI is InChI=1S/C26H35N3O17/c1-10(30)37-8-17-19(28-29-27)21(39-12(3)32)23(41-14(5)34)26(44-17)46-20-18(9-38-11(2)31)45-25(43-16(7)36)24(42-15(6)35)22(20)40-13(4)33/h17-26H,8-9H2,1-7H3. The van der Waals surface area contributed by atoms with Crippen molar-refractivity contribution >= 4 is 41.8 Å². The van der Waals surface area contributed by atoms with Gasteiger partial charge < -0.3 is 47.4 Å². The second-order valence-corrected chi connectivity index (χ2v) is 9.89. The number of ether oxygens (including phenoxy) is 10. The van der Waals surface area contributed by atoms with Crippen molar-refractivity contribution in [3.8, 4) is 0 Å². The summed E-state index contributed by atoms with van der Waals surface area (Å²) >= 11 is 0. The van der Waals surface area contributed by atoms with Gasteiger partial charge in [-0.25, -0.2) is 0 Å². The van der Waals surface area contributed by atoms with Gasteiger partial charge in [0.05, 0.1) is 0 Å². The maximum Gasteiger partial charge on any atom is 0.305 e. The molecule has 10 atom stereocenters. The molecule has 2 rings (SSSR count). The van der Waals surface area contributed by atoms with E-state index in [9.17, 15) is 39.1 Å². The van der Waals surface area contributed by atoms with Gasteiger partial charge >= 0.3 is 41.8 Å². The molecule has 2 saturated heterocycles. The van der Waals surface area contributed by atoms with Crippen LogP contribution in [0.5, 0.6) is 0 Å². The molecule has 0 spiro atoms. The second kappa shape index (κ2) is 17.2. The topological polar surface area (TPSA) is 261 Å². The summed E-state index contributed by atoms with van der Waals surface area (Å²) < 4.78 is 54.6. The van der Waals surface area contributed by atoms with Crippen LogP contribution in [0, 0.1) is 0 Å². The molecule has 0 aliphatic carbocycles. The van der Waals surface area contributed by atoms with Gasteiger partial charge in [0.15, 0.2) is 24.6 Å². The molecule has 0 aromatic carbocycles. The molecule has 0 aromatic rings. The van der Waals surface area contributed by atoms with Gasteiger partial charge in [0.2, 0.25) is 12.4 Å². The first-order valence-electron chi connectivity index (χ1n) is 13.7. The molecule has 2 heterocycles. The average Bonchev–Trinajstić information content (AvgIpc) is 2.91. The van der Waals surface area contributed by atoms with Crippen LogP contribution in [0.1, 0.15) is 48.5 Å². The Morgan fingerprint density at radius 3 is 1.41 bits per heavy atom. The Hall–Kier alpha value is -4.52. The Morgan fingerprint density at radius 1 is 0.543 bits per heavy atom. The van der Waals surface area contributed by atoms with E-state index < -0.39 is 116 Å². The minimum absolute atomic E-state index is 0.570. The van der Waals surface area contributed by atoms with Gasteiger partial charge in [0, 0.05) is 53.4 Å². The van der Waals surface area contributed by atoms with E-state index in [0.717, 1.165) is 48.5 Å². The third-order valence-corrected chi connectivity index (χ3v) is 6.08. The summed E-state index contributed by atoms with van der Waals surface area (Å²) in [5.41, 5.74) is 9.24. The number of esters is 7. The van der Waals surface area contributed by atoms with Crippen molar-refractivity contribution in [2.45, 2.75) is 110 Å². The fraction of sp³-hybridized carbons (Fsp3) is 0.731. The zero-order chi connectivity index (χ0) is 34.7. The van der Waals surface area contributed by atoms with E-state index in [1.807, 2.05) is 0 Å². The maximum absolute atomic E-state index is 12.3. The molecule has 10 unspecified atom stereocenters. The first kappa shape index (κ1) is 37.7. The highest BCUT2D eigenvalue weighted by Crippen LogP contribution is 2.35. The molecular weight excluding hydrogens is 626 g/mol. The largest absolute Gasteiger partial charge is 0.463 e. The summed E-state index contributed by atoms with van der Waals surface area (Å²) in [4.78, 5) is 86.7. The fourth-order valence-corrected chi connectivity index (χ4v) is 4.61. The number of nitrogens with zero attached hydrogens (tertiary/aromatic N) is 3. The fourth-order valence-electron chi connectivity index (χ4n) is 4.61. The molecule has 0 N–H and O–H groups in total. The van der Waals surface area contributed by atoms with E-state index in [-0.39, 0.29) is 0 Å². The lowest BCUT2D eigenvalue weighted by Crippen LogP contribution is -2.66. The van der Waals surface area contributed by atoms with Gasteiger partial charge in [-0.3, -0.25) is 33.6 Å². The minimum Gasteiger partial charge on any atom is -0.463 e. The molecular formula is C26H35N3O17. The zero-order valence-electron chi connectivity index (χ0n) is 26.0. The highest BCUT2D eigenvalue weighted by Gasteiger charge is 2.57. The van der Waals surface area contributed by atoms with Crippen LogP contribution in [0.4, 0.5) is 0 Å². The maximum atomic E-state index is 12.3. The smallest absolute Gasteiger partial charge is 0.305 e. The van der Waals surface area contributed by atoms with Gasteiger partial charge in [0.25, 0.3) is 0 Å². The van der Waals surface area contributed by atoms with Crippen LogP contribution in [-0.4, -0.2) is 116 Å². The number of hydrogen-bond donors (Lipinski definition) is 0. The Labute approximate surface area is 261 Å². The van der Waals surface area contributed by atoms with E-state index >= 15 is 0 Å². The van der Waals surface area contributed by atoms with Crippen molar-refractivity contribution in [1.29, 1.82) is 0 Å². The van der Waals surface area contributed by atoms with E-state index in [4.69, 9.17) is 47.4 Å². The third kappa shape index (κ3) is 11.1. The molecule has 2 aliphatic rings. The minimum atomic E-state index is -1.81. The summed E-state index contributed by atoms with van der Waals surface area (Å²) in [7, 11) is 0. The number of hydrogen-bond acceptors (Lipinski definition) is 18. The molecule has 20 heteroatoms. The van der Waals surface area contributed by atoms with Crippen molar-refractivity contribution in [1.82, 2.24) is 0 Å². The average molecular weight is 662 g/mol. The van der Waals surface area contributed by atoms with Crippen LogP contribution >= 0.6 is 0 Å². The molecule has 0 radical (unpaired) electrons. The van der Waals surface area contributed by atoms with Crippen LogP contribution in [-0.2, 0) is 80.9 Å². The summed E-state index contributed by atoms with van der Waals surface area (Å²) in [5.74, 6) is -6.11. The molecule has 46 heavy (non-hydrogen) atoms. The van der Waals surface area contributed by atoms with E-state index in [2.05, 4.69) is 10.0 Å². The van der Waals surface area contributed by atoms with Crippen LogP contribution in [0.15, 0.2) is 5.11 Å². The third-order valence-electron chi connectivity index (χ3n) is 6.08. The van der Waals surface area contributed by atoms with Crippen molar-refractivity contribution in [3.05, 3.63) is 10.4 Å². The quantitative estimate of drug-likeness (QED) is 0.0870. The first-order valence-corrected chi connectivity index (χ1v) is 13.7. The lowest BCUT2D eigenvalue weighted by atomic mass is 9.95. The first-order chi connectivity index (χ1) is 21.5. The highest BCUT2D eigenvalue weighted by molar-refractivity contribution is 5.69. The van der Waals surface area contributed by atoms with Crippen molar-refractivity contribution in [2.24, 2.45) is 5.11 Å². The molecule has 0 saturated carbocycles. The van der Waals surface area contributed by atoms with Crippen molar-refractivity contribution in [3.63, 3.8) is 0 Å². The van der Waals surface area contributed by atoms with Gasteiger partial charge in [-0.05, 0) is 5.53 Å². The van der Waals surface area contributed by atoms with Crippen molar-refractivity contribution < 1.29 is 80.9 Å². The van der Waals surface area contributed by atoms with Gasteiger partial charge in [-0.15, -0.1) is 0 Å². The summed E-state index contributed by atoms with van der Waals surface area (Å²) in [6, 6.07) is -1.44. The molecule has 0 amide bonds. The number of rotatable bonds is 12. The molecule has 2 aliphatic heterocycles. The van der Waals surface area contributed by atoms with E-state index in [1.54, 1.807) is 0 Å². The second-order valence-electron chi connectivity index (χ2n) is 9.89. The SMILES string of the molecule is CC(=O)OCC1OC(OC2C(COC(C)=O)OC(OC(C)=O)C(OC(C)=O)C2OC(C)=O)C(OC(C)=O)C(OC(C)=O)C1N=[N+]=[N-]. The zero-order valence-corrected chi connectivity index (χ0v) is 26.0. The Morgan fingerprint density at radius 2 is 0.957 bits per heavy atom. The lowest BCUT2D eigenvalue weighted by Gasteiger charge is -2.48. The Bertz CT molecular complexity index is 1220. The normalized spacial score (nSPS) is 30.3. The molecule has 2 fully saturated rings. The van der Waals surface area contributed by atoms with E-state index in [0.29, 0.717) is 0 Å². The predicted molar refractivity (Wildman–Crippen MR) is 142 cm³/mol.